The third-order valence-electron chi connectivity index (χ3n) is 2.28. The minimum atomic E-state index is -0.781. The van der Waals surface area contributed by atoms with Crippen LogP contribution in [0.5, 0.6) is 0 Å². The van der Waals surface area contributed by atoms with E-state index in [1.165, 1.54) is 0 Å². The van der Waals surface area contributed by atoms with Gasteiger partial charge in [-0.25, -0.2) is 9.97 Å². The second-order valence-corrected chi connectivity index (χ2v) is 4.52. The van der Waals surface area contributed by atoms with Crippen LogP contribution in [0.25, 0.3) is 0 Å². The molecule has 82 valence electrons. The van der Waals surface area contributed by atoms with E-state index in [0.29, 0.717) is 32.1 Å². The standard InChI is InChI=1S/C9H12BrN3O2/c10-7-3-11-8(12-4-7)13-5-9(14)1-2-15-6-9/h3-4,14H,1-2,5-6H2,(H,11,12,13). The first-order valence-corrected chi connectivity index (χ1v) is 5.49. The molecule has 0 spiro atoms. The Kier molecular flexibility index (Phi) is 3.18. The van der Waals surface area contributed by atoms with Crippen molar-refractivity contribution in [1.29, 1.82) is 0 Å². The molecule has 2 heterocycles. The summed E-state index contributed by atoms with van der Waals surface area (Å²) in [7, 11) is 0. The van der Waals surface area contributed by atoms with Crippen LogP contribution in [0.15, 0.2) is 16.9 Å². The van der Waals surface area contributed by atoms with E-state index in [2.05, 4.69) is 31.2 Å². The fourth-order valence-corrected chi connectivity index (χ4v) is 1.59. The maximum atomic E-state index is 9.95. The number of aromatic nitrogens is 2. The number of hydrogen-bond acceptors (Lipinski definition) is 5. The van der Waals surface area contributed by atoms with Crippen LogP contribution in [-0.4, -0.2) is 40.4 Å². The van der Waals surface area contributed by atoms with Crippen LogP contribution in [0, 0.1) is 0 Å². The van der Waals surface area contributed by atoms with Gasteiger partial charge in [0.15, 0.2) is 0 Å². The summed E-state index contributed by atoms with van der Waals surface area (Å²) in [6.45, 7) is 1.39. The monoisotopic (exact) mass is 273 g/mol. The van der Waals surface area contributed by atoms with Gasteiger partial charge >= 0.3 is 0 Å². The second-order valence-electron chi connectivity index (χ2n) is 3.61. The molecule has 0 saturated carbocycles. The van der Waals surface area contributed by atoms with Crippen molar-refractivity contribution >= 4 is 21.9 Å². The largest absolute Gasteiger partial charge is 0.386 e. The number of nitrogens with one attached hydrogen (secondary N) is 1. The van der Waals surface area contributed by atoms with Crippen molar-refractivity contribution < 1.29 is 9.84 Å². The molecule has 5 nitrogen and oxygen atoms in total. The lowest BCUT2D eigenvalue weighted by Gasteiger charge is -2.20. The molecule has 1 saturated heterocycles. The van der Waals surface area contributed by atoms with Gasteiger partial charge in [0.25, 0.3) is 0 Å². The molecule has 0 aromatic carbocycles. The van der Waals surface area contributed by atoms with Gasteiger partial charge in [-0.15, -0.1) is 0 Å². The lowest BCUT2D eigenvalue weighted by atomic mass is 10.0. The molecular weight excluding hydrogens is 262 g/mol. The maximum Gasteiger partial charge on any atom is 0.222 e. The molecule has 1 atom stereocenters. The molecular formula is C9H12BrN3O2. The van der Waals surface area contributed by atoms with E-state index in [1.807, 2.05) is 0 Å². The Hall–Kier alpha value is -0.720. The van der Waals surface area contributed by atoms with Gasteiger partial charge in [0.05, 0.1) is 11.1 Å². The summed E-state index contributed by atoms with van der Waals surface area (Å²) >= 11 is 3.25. The number of halogens is 1. The van der Waals surface area contributed by atoms with Gasteiger partial charge in [-0.3, -0.25) is 0 Å². The molecule has 2 rings (SSSR count). The highest BCUT2D eigenvalue weighted by atomic mass is 79.9. The van der Waals surface area contributed by atoms with E-state index in [4.69, 9.17) is 4.74 Å². The zero-order valence-corrected chi connectivity index (χ0v) is 9.70. The highest BCUT2D eigenvalue weighted by Gasteiger charge is 2.32. The minimum Gasteiger partial charge on any atom is -0.386 e. The molecule has 1 fully saturated rings. The first-order valence-electron chi connectivity index (χ1n) is 4.70. The maximum absolute atomic E-state index is 9.95. The first-order chi connectivity index (χ1) is 7.18. The van der Waals surface area contributed by atoms with E-state index in [0.717, 1.165) is 4.47 Å². The predicted molar refractivity (Wildman–Crippen MR) is 58.6 cm³/mol. The average molecular weight is 274 g/mol. The molecule has 1 aromatic rings. The summed E-state index contributed by atoms with van der Waals surface area (Å²) < 4.78 is 5.96. The van der Waals surface area contributed by atoms with Crippen molar-refractivity contribution in [2.45, 2.75) is 12.0 Å². The van der Waals surface area contributed by atoms with Gasteiger partial charge in [0.1, 0.15) is 5.60 Å². The van der Waals surface area contributed by atoms with Gasteiger partial charge in [-0.05, 0) is 15.9 Å². The second kappa shape index (κ2) is 4.42. The molecule has 6 heteroatoms. The number of hydrogen-bond donors (Lipinski definition) is 2. The third-order valence-corrected chi connectivity index (χ3v) is 2.69. The van der Waals surface area contributed by atoms with Crippen LogP contribution >= 0.6 is 15.9 Å². The summed E-state index contributed by atoms with van der Waals surface area (Å²) in [4.78, 5) is 8.10. The number of ether oxygens (including phenoxy) is 1. The minimum absolute atomic E-state index is 0.372. The molecule has 15 heavy (non-hydrogen) atoms. The van der Waals surface area contributed by atoms with Crippen molar-refractivity contribution in [3.05, 3.63) is 16.9 Å². The topological polar surface area (TPSA) is 67.3 Å². The molecule has 0 bridgehead atoms. The molecule has 0 amide bonds. The highest BCUT2D eigenvalue weighted by molar-refractivity contribution is 9.10. The van der Waals surface area contributed by atoms with Crippen LogP contribution in [-0.2, 0) is 4.74 Å². The van der Waals surface area contributed by atoms with Gasteiger partial charge in [0.2, 0.25) is 5.95 Å². The summed E-state index contributed by atoms with van der Waals surface area (Å²) in [5, 5.41) is 12.9. The Bertz CT molecular complexity index is 325. The molecule has 0 radical (unpaired) electrons. The quantitative estimate of drug-likeness (QED) is 0.853. The molecule has 2 N–H and O–H groups in total. The smallest absolute Gasteiger partial charge is 0.222 e. The lowest BCUT2D eigenvalue weighted by molar-refractivity contribution is 0.0380. The zero-order valence-electron chi connectivity index (χ0n) is 8.11. The lowest BCUT2D eigenvalue weighted by Crippen LogP contribution is -2.37. The molecule has 1 aliphatic heterocycles. The summed E-state index contributed by atoms with van der Waals surface area (Å²) in [6.07, 6.45) is 3.96. The first kappa shape index (κ1) is 10.8. The van der Waals surface area contributed by atoms with Crippen molar-refractivity contribution in [1.82, 2.24) is 9.97 Å². The van der Waals surface area contributed by atoms with Gasteiger partial charge in [0, 0.05) is 32.0 Å². The van der Waals surface area contributed by atoms with Crippen LogP contribution < -0.4 is 5.32 Å². The predicted octanol–water partition coefficient (Wildman–Crippen LogP) is 0.802. The van der Waals surface area contributed by atoms with Gasteiger partial charge in [-0.1, -0.05) is 0 Å². The number of anilines is 1. The van der Waals surface area contributed by atoms with Crippen molar-refractivity contribution in [3.63, 3.8) is 0 Å². The molecule has 0 aliphatic carbocycles. The Morgan fingerprint density at radius 2 is 2.27 bits per heavy atom. The Labute approximate surface area is 96.0 Å². The fourth-order valence-electron chi connectivity index (χ4n) is 1.38. The van der Waals surface area contributed by atoms with Crippen molar-refractivity contribution in [2.75, 3.05) is 25.1 Å². The SMILES string of the molecule is OC1(CNc2ncc(Br)cn2)CCOC1. The summed E-state index contributed by atoms with van der Waals surface area (Å²) in [6, 6.07) is 0. The number of rotatable bonds is 3. The Balaban J connectivity index is 1.90. The summed E-state index contributed by atoms with van der Waals surface area (Å²) in [5.41, 5.74) is -0.781. The summed E-state index contributed by atoms with van der Waals surface area (Å²) in [5.74, 6) is 0.513. The van der Waals surface area contributed by atoms with Crippen LogP contribution in [0.3, 0.4) is 0 Å². The third kappa shape index (κ3) is 2.87. The van der Waals surface area contributed by atoms with Gasteiger partial charge in [-0.2, -0.15) is 0 Å². The molecule has 1 aromatic heterocycles. The highest BCUT2D eigenvalue weighted by Crippen LogP contribution is 2.18. The van der Waals surface area contributed by atoms with E-state index in [1.54, 1.807) is 12.4 Å². The van der Waals surface area contributed by atoms with E-state index >= 15 is 0 Å². The number of aliphatic hydroxyl groups is 1. The van der Waals surface area contributed by atoms with Crippen molar-refractivity contribution in [2.24, 2.45) is 0 Å². The molecule has 1 aliphatic rings. The van der Waals surface area contributed by atoms with E-state index < -0.39 is 5.60 Å². The van der Waals surface area contributed by atoms with E-state index in [-0.39, 0.29) is 0 Å². The normalized spacial score (nSPS) is 25.5. The Morgan fingerprint density at radius 3 is 2.87 bits per heavy atom. The fraction of sp³-hybridized carbons (Fsp3) is 0.556. The average Bonchev–Trinajstić information content (AvgIpc) is 2.65. The van der Waals surface area contributed by atoms with E-state index in [9.17, 15) is 5.11 Å². The number of nitrogens with zero attached hydrogens (tertiary/aromatic N) is 2. The van der Waals surface area contributed by atoms with Crippen LogP contribution in [0.1, 0.15) is 6.42 Å². The Morgan fingerprint density at radius 1 is 1.53 bits per heavy atom. The van der Waals surface area contributed by atoms with Crippen molar-refractivity contribution in [3.8, 4) is 0 Å². The molecule has 1 unspecified atom stereocenters. The van der Waals surface area contributed by atoms with Crippen LogP contribution in [0.4, 0.5) is 5.95 Å². The van der Waals surface area contributed by atoms with Crippen LogP contribution in [0.2, 0.25) is 0 Å². The van der Waals surface area contributed by atoms with Gasteiger partial charge < -0.3 is 15.2 Å². The zero-order chi connectivity index (χ0) is 10.7.